The molecule has 0 aromatic heterocycles. The number of rotatable bonds is 6. The summed E-state index contributed by atoms with van der Waals surface area (Å²) in [4.78, 5) is 0. The Morgan fingerprint density at radius 1 is 1.10 bits per heavy atom. The molecular formula is C17H19Cl2NO. The van der Waals surface area contributed by atoms with E-state index < -0.39 is 0 Å². The monoisotopic (exact) mass is 323 g/mol. The van der Waals surface area contributed by atoms with Crippen LogP contribution in [-0.2, 0) is 6.42 Å². The second-order valence-corrected chi connectivity index (χ2v) is 5.59. The first-order valence-corrected chi connectivity index (χ1v) is 7.71. The SMILES string of the molecule is CCNC(Cc1ccc(OC)cc1)c1cccc(Cl)c1Cl. The van der Waals surface area contributed by atoms with Crippen LogP contribution in [0.2, 0.25) is 10.0 Å². The van der Waals surface area contributed by atoms with Gasteiger partial charge in [0.15, 0.2) is 0 Å². The minimum atomic E-state index is 0.134. The molecule has 112 valence electrons. The van der Waals surface area contributed by atoms with Crippen LogP contribution in [0.3, 0.4) is 0 Å². The van der Waals surface area contributed by atoms with Crippen LogP contribution in [0, 0.1) is 0 Å². The number of ether oxygens (including phenoxy) is 1. The van der Waals surface area contributed by atoms with Gasteiger partial charge in [0.1, 0.15) is 5.75 Å². The van der Waals surface area contributed by atoms with Crippen LogP contribution in [-0.4, -0.2) is 13.7 Å². The summed E-state index contributed by atoms with van der Waals surface area (Å²) in [5.41, 5.74) is 2.25. The third-order valence-electron chi connectivity index (χ3n) is 3.41. The molecule has 1 unspecified atom stereocenters. The lowest BCUT2D eigenvalue weighted by atomic mass is 9.98. The fraction of sp³-hybridized carbons (Fsp3) is 0.294. The zero-order valence-electron chi connectivity index (χ0n) is 12.2. The average Bonchev–Trinajstić information content (AvgIpc) is 2.50. The van der Waals surface area contributed by atoms with Crippen molar-refractivity contribution >= 4 is 23.2 Å². The van der Waals surface area contributed by atoms with Crippen LogP contribution in [0.5, 0.6) is 5.75 Å². The average molecular weight is 324 g/mol. The van der Waals surface area contributed by atoms with Crippen molar-refractivity contribution < 1.29 is 4.74 Å². The van der Waals surface area contributed by atoms with Gasteiger partial charge in [-0.1, -0.05) is 54.4 Å². The molecular weight excluding hydrogens is 305 g/mol. The van der Waals surface area contributed by atoms with Gasteiger partial charge in [0.05, 0.1) is 17.2 Å². The normalized spacial score (nSPS) is 12.2. The van der Waals surface area contributed by atoms with E-state index in [9.17, 15) is 0 Å². The number of halogens is 2. The molecule has 1 N–H and O–H groups in total. The molecule has 0 spiro atoms. The van der Waals surface area contributed by atoms with Crippen LogP contribution in [0.15, 0.2) is 42.5 Å². The third kappa shape index (κ3) is 4.13. The third-order valence-corrected chi connectivity index (χ3v) is 4.24. The molecule has 2 aromatic carbocycles. The molecule has 0 saturated heterocycles. The number of nitrogens with one attached hydrogen (secondary N) is 1. The van der Waals surface area contributed by atoms with E-state index in [0.717, 1.165) is 24.3 Å². The fourth-order valence-corrected chi connectivity index (χ4v) is 2.76. The number of hydrogen-bond acceptors (Lipinski definition) is 2. The van der Waals surface area contributed by atoms with E-state index in [1.54, 1.807) is 7.11 Å². The number of hydrogen-bond donors (Lipinski definition) is 1. The highest BCUT2D eigenvalue weighted by Crippen LogP contribution is 2.31. The minimum Gasteiger partial charge on any atom is -0.497 e. The van der Waals surface area contributed by atoms with Gasteiger partial charge in [-0.25, -0.2) is 0 Å². The first kappa shape index (κ1) is 16.2. The van der Waals surface area contributed by atoms with Gasteiger partial charge in [-0.2, -0.15) is 0 Å². The Labute approximate surface area is 136 Å². The summed E-state index contributed by atoms with van der Waals surface area (Å²) in [6.45, 7) is 2.95. The van der Waals surface area contributed by atoms with E-state index in [1.807, 2.05) is 30.3 Å². The molecule has 0 bridgehead atoms. The summed E-state index contributed by atoms with van der Waals surface area (Å²) < 4.78 is 5.19. The number of benzene rings is 2. The first-order chi connectivity index (χ1) is 10.2. The molecule has 0 amide bonds. The molecule has 21 heavy (non-hydrogen) atoms. The largest absolute Gasteiger partial charge is 0.497 e. The van der Waals surface area contributed by atoms with Crippen LogP contribution in [0.25, 0.3) is 0 Å². The lowest BCUT2D eigenvalue weighted by molar-refractivity contribution is 0.414. The topological polar surface area (TPSA) is 21.3 Å². The molecule has 0 aliphatic rings. The Bertz CT molecular complexity index is 584. The van der Waals surface area contributed by atoms with Gasteiger partial charge in [-0.05, 0) is 42.3 Å². The molecule has 0 aliphatic carbocycles. The van der Waals surface area contributed by atoms with Crippen molar-refractivity contribution in [3.8, 4) is 5.75 Å². The minimum absolute atomic E-state index is 0.134. The Kier molecular flexibility index (Phi) is 5.92. The van der Waals surface area contributed by atoms with E-state index in [1.165, 1.54) is 5.56 Å². The molecule has 0 radical (unpaired) electrons. The Balaban J connectivity index is 2.24. The Hall–Kier alpha value is -1.22. The van der Waals surface area contributed by atoms with Crippen LogP contribution in [0.4, 0.5) is 0 Å². The molecule has 2 rings (SSSR count). The van der Waals surface area contributed by atoms with Crippen molar-refractivity contribution in [1.82, 2.24) is 5.32 Å². The molecule has 0 fully saturated rings. The highest BCUT2D eigenvalue weighted by atomic mass is 35.5. The van der Waals surface area contributed by atoms with Crippen molar-refractivity contribution in [3.05, 3.63) is 63.6 Å². The van der Waals surface area contributed by atoms with E-state index in [0.29, 0.717) is 10.0 Å². The van der Waals surface area contributed by atoms with E-state index in [-0.39, 0.29) is 6.04 Å². The van der Waals surface area contributed by atoms with Gasteiger partial charge in [0.25, 0.3) is 0 Å². The van der Waals surface area contributed by atoms with Gasteiger partial charge < -0.3 is 10.1 Å². The van der Waals surface area contributed by atoms with Crippen molar-refractivity contribution in [3.63, 3.8) is 0 Å². The van der Waals surface area contributed by atoms with Crippen molar-refractivity contribution in [2.75, 3.05) is 13.7 Å². The first-order valence-electron chi connectivity index (χ1n) is 6.96. The second-order valence-electron chi connectivity index (χ2n) is 4.81. The zero-order chi connectivity index (χ0) is 15.2. The van der Waals surface area contributed by atoms with E-state index >= 15 is 0 Å². The van der Waals surface area contributed by atoms with Gasteiger partial charge in [0.2, 0.25) is 0 Å². The van der Waals surface area contributed by atoms with Crippen molar-refractivity contribution in [1.29, 1.82) is 0 Å². The smallest absolute Gasteiger partial charge is 0.118 e. The highest BCUT2D eigenvalue weighted by molar-refractivity contribution is 6.42. The van der Waals surface area contributed by atoms with Crippen molar-refractivity contribution in [2.45, 2.75) is 19.4 Å². The summed E-state index contributed by atoms with van der Waals surface area (Å²) >= 11 is 12.5. The van der Waals surface area contributed by atoms with Crippen LogP contribution >= 0.6 is 23.2 Å². The van der Waals surface area contributed by atoms with E-state index in [2.05, 4.69) is 24.4 Å². The Morgan fingerprint density at radius 2 is 1.81 bits per heavy atom. The van der Waals surface area contributed by atoms with Gasteiger partial charge in [-0.3, -0.25) is 0 Å². The lowest BCUT2D eigenvalue weighted by Gasteiger charge is -2.20. The molecule has 2 aromatic rings. The van der Waals surface area contributed by atoms with Gasteiger partial charge in [-0.15, -0.1) is 0 Å². The summed E-state index contributed by atoms with van der Waals surface area (Å²) in [6, 6.07) is 14.0. The summed E-state index contributed by atoms with van der Waals surface area (Å²) in [7, 11) is 1.67. The molecule has 0 saturated carbocycles. The van der Waals surface area contributed by atoms with Crippen LogP contribution < -0.4 is 10.1 Å². The van der Waals surface area contributed by atoms with Crippen LogP contribution in [0.1, 0.15) is 24.1 Å². The highest BCUT2D eigenvalue weighted by Gasteiger charge is 2.16. The molecule has 0 aliphatic heterocycles. The predicted octanol–water partition coefficient (Wildman–Crippen LogP) is 4.90. The maximum atomic E-state index is 6.35. The summed E-state index contributed by atoms with van der Waals surface area (Å²) in [6.07, 6.45) is 0.845. The molecule has 4 heteroatoms. The standard InChI is InChI=1S/C17H19Cl2NO/c1-3-20-16(14-5-4-6-15(18)17(14)19)11-12-7-9-13(21-2)10-8-12/h4-10,16,20H,3,11H2,1-2H3. The van der Waals surface area contributed by atoms with Gasteiger partial charge >= 0.3 is 0 Å². The zero-order valence-corrected chi connectivity index (χ0v) is 13.7. The van der Waals surface area contributed by atoms with E-state index in [4.69, 9.17) is 27.9 Å². The van der Waals surface area contributed by atoms with Crippen molar-refractivity contribution in [2.24, 2.45) is 0 Å². The lowest BCUT2D eigenvalue weighted by Crippen LogP contribution is -2.23. The Morgan fingerprint density at radius 3 is 2.43 bits per heavy atom. The molecule has 2 nitrogen and oxygen atoms in total. The summed E-state index contributed by atoms with van der Waals surface area (Å²) in [5, 5.41) is 4.68. The fourth-order valence-electron chi connectivity index (χ4n) is 2.33. The predicted molar refractivity (Wildman–Crippen MR) is 89.6 cm³/mol. The quantitative estimate of drug-likeness (QED) is 0.816. The maximum Gasteiger partial charge on any atom is 0.118 e. The number of methoxy groups -OCH3 is 1. The second kappa shape index (κ2) is 7.69. The molecule has 1 atom stereocenters. The van der Waals surface area contributed by atoms with Gasteiger partial charge in [0, 0.05) is 6.04 Å². The molecule has 0 heterocycles. The number of likely N-dealkylation sites (N-methyl/N-ethyl adjacent to an activating group) is 1. The summed E-state index contributed by atoms with van der Waals surface area (Å²) in [5.74, 6) is 0.861. The maximum absolute atomic E-state index is 6.35.